The maximum Gasteiger partial charge on any atom is 0.178 e. The van der Waals surface area contributed by atoms with Crippen LogP contribution in [-0.4, -0.2) is 34.5 Å². The first-order chi connectivity index (χ1) is 11.5. The van der Waals surface area contributed by atoms with Crippen LogP contribution in [0.15, 0.2) is 47.5 Å². The van der Waals surface area contributed by atoms with Gasteiger partial charge in [0.2, 0.25) is 0 Å². The first-order valence-electron chi connectivity index (χ1n) is 7.69. The molecule has 2 aromatic rings. The van der Waals surface area contributed by atoms with Crippen molar-refractivity contribution in [3.05, 3.63) is 58.6 Å². The number of rotatable bonds is 2. The van der Waals surface area contributed by atoms with Crippen molar-refractivity contribution in [2.75, 3.05) is 14.1 Å². The number of aliphatic imine (C=N–C) groups is 1. The van der Waals surface area contributed by atoms with Crippen LogP contribution in [0.1, 0.15) is 11.1 Å². The normalized spacial score (nSPS) is 25.5. The lowest BCUT2D eigenvalue weighted by Crippen LogP contribution is -2.44. The first kappa shape index (κ1) is 18.4. The Bertz CT molecular complexity index is 828. The van der Waals surface area contributed by atoms with E-state index in [1.165, 1.54) is 0 Å². The zero-order valence-corrected chi connectivity index (χ0v) is 16.2. The highest BCUT2D eigenvalue weighted by atomic mass is 35.5. The van der Waals surface area contributed by atoms with Gasteiger partial charge in [-0.1, -0.05) is 29.4 Å². The molecule has 0 amide bonds. The third-order valence-electron chi connectivity index (χ3n) is 4.61. The van der Waals surface area contributed by atoms with Crippen LogP contribution in [-0.2, 0) is 12.1 Å². The number of halogens is 2. The zero-order valence-electron chi connectivity index (χ0n) is 13.8. The van der Waals surface area contributed by atoms with Gasteiger partial charge in [-0.3, -0.25) is 4.99 Å². The highest BCUT2D eigenvalue weighted by Gasteiger charge is 2.55. The molecule has 2 aliphatic rings. The minimum absolute atomic E-state index is 0. The summed E-state index contributed by atoms with van der Waals surface area (Å²) in [6.07, 6.45) is 0.789. The zero-order chi connectivity index (χ0) is 16.9. The molecule has 1 heterocycles. The van der Waals surface area contributed by atoms with Crippen molar-refractivity contribution < 1.29 is 9.84 Å². The number of thioether (sulfide) groups is 1. The van der Waals surface area contributed by atoms with E-state index in [4.69, 9.17) is 16.3 Å². The largest absolute Gasteiger partial charge is 0.457 e. The monoisotopic (exact) mass is 396 g/mol. The number of aliphatic hydroxyl groups is 1. The average molecular weight is 397 g/mol. The Balaban J connectivity index is 0.00000182. The Kier molecular flexibility index (Phi) is 4.95. The second kappa shape index (κ2) is 6.72. The minimum Gasteiger partial charge on any atom is -0.457 e. The van der Waals surface area contributed by atoms with Gasteiger partial charge in [-0.2, -0.15) is 0 Å². The van der Waals surface area contributed by atoms with Gasteiger partial charge in [0.25, 0.3) is 0 Å². The molecule has 132 valence electrons. The highest BCUT2D eigenvalue weighted by molar-refractivity contribution is 8.14. The fourth-order valence-corrected chi connectivity index (χ4v) is 4.89. The summed E-state index contributed by atoms with van der Waals surface area (Å²) in [7, 11) is 3.65. The van der Waals surface area contributed by atoms with Gasteiger partial charge in [0.05, 0.1) is 5.25 Å². The third-order valence-corrected chi connectivity index (χ3v) is 6.31. The highest BCUT2D eigenvalue weighted by Crippen LogP contribution is 2.51. The molecule has 2 aromatic carbocycles. The van der Waals surface area contributed by atoms with Gasteiger partial charge in [0.15, 0.2) is 10.9 Å². The Hall–Kier alpha value is -1.40. The summed E-state index contributed by atoms with van der Waals surface area (Å²) < 4.78 is 5.90. The molecule has 1 saturated heterocycles. The van der Waals surface area contributed by atoms with E-state index in [2.05, 4.69) is 4.99 Å². The predicted molar refractivity (Wildman–Crippen MR) is 105 cm³/mol. The number of hydrogen-bond acceptors (Lipinski definition) is 4. The number of benzene rings is 2. The van der Waals surface area contributed by atoms with Crippen LogP contribution in [0.2, 0.25) is 5.02 Å². The van der Waals surface area contributed by atoms with E-state index in [0.29, 0.717) is 5.02 Å². The maximum absolute atomic E-state index is 11.2. The first-order valence-corrected chi connectivity index (χ1v) is 8.94. The van der Waals surface area contributed by atoms with Gasteiger partial charge >= 0.3 is 0 Å². The molecule has 1 aliphatic carbocycles. The van der Waals surface area contributed by atoms with Crippen molar-refractivity contribution in [2.45, 2.75) is 17.4 Å². The van der Waals surface area contributed by atoms with Crippen LogP contribution in [0.3, 0.4) is 0 Å². The molecule has 4 rings (SSSR count). The Morgan fingerprint density at radius 2 is 1.92 bits per heavy atom. The molecule has 0 spiro atoms. The maximum atomic E-state index is 11.2. The lowest BCUT2D eigenvalue weighted by molar-refractivity contribution is -0.0496. The molecular formula is C18H18Cl2N2O2S. The molecule has 1 N–H and O–H groups in total. The summed E-state index contributed by atoms with van der Waals surface area (Å²) in [6, 6.07) is 13.1. The smallest absolute Gasteiger partial charge is 0.178 e. The van der Waals surface area contributed by atoms with E-state index in [-0.39, 0.29) is 17.7 Å². The second-order valence-electron chi connectivity index (χ2n) is 5.98. The van der Waals surface area contributed by atoms with Crippen molar-refractivity contribution in [1.82, 2.24) is 4.90 Å². The molecule has 1 aliphatic heterocycles. The molecule has 1 fully saturated rings. The quantitative estimate of drug-likeness (QED) is 0.821. The predicted octanol–water partition coefficient (Wildman–Crippen LogP) is 4.29. The molecule has 25 heavy (non-hydrogen) atoms. The van der Waals surface area contributed by atoms with Crippen LogP contribution < -0.4 is 4.74 Å². The molecule has 2 unspecified atom stereocenters. The second-order valence-corrected chi connectivity index (χ2v) is 7.58. The lowest BCUT2D eigenvalue weighted by Gasteiger charge is -2.31. The van der Waals surface area contributed by atoms with Crippen molar-refractivity contribution in [2.24, 2.45) is 4.99 Å². The Morgan fingerprint density at radius 1 is 1.24 bits per heavy atom. The fourth-order valence-electron chi connectivity index (χ4n) is 3.39. The standard InChI is InChI=1S/C18H17ClN2O2S.ClH/c1-20-17-21(2)18(22)15-8-7-14(9-11(15)10-16(18)24-17)23-13-5-3-12(19)4-6-13;/h3-9,16,22H,10H2,1-2H3;1H/b20-17-;. The van der Waals surface area contributed by atoms with Crippen LogP contribution in [0.25, 0.3) is 0 Å². The van der Waals surface area contributed by atoms with Crippen molar-refractivity contribution in [3.63, 3.8) is 0 Å². The number of nitrogens with zero attached hydrogens (tertiary/aromatic N) is 2. The van der Waals surface area contributed by atoms with Gasteiger partial charge in [0.1, 0.15) is 11.5 Å². The van der Waals surface area contributed by atoms with Crippen molar-refractivity contribution >= 4 is 40.9 Å². The molecule has 0 radical (unpaired) electrons. The number of hydrogen-bond donors (Lipinski definition) is 1. The molecule has 4 nitrogen and oxygen atoms in total. The summed E-state index contributed by atoms with van der Waals surface area (Å²) in [6.45, 7) is 0. The molecule has 0 aromatic heterocycles. The minimum atomic E-state index is -0.992. The van der Waals surface area contributed by atoms with E-state index in [9.17, 15) is 5.11 Å². The van der Waals surface area contributed by atoms with Gasteiger partial charge in [-0.05, 0) is 48.4 Å². The molecular weight excluding hydrogens is 379 g/mol. The summed E-state index contributed by atoms with van der Waals surface area (Å²) >= 11 is 7.53. The van der Waals surface area contributed by atoms with Crippen LogP contribution in [0, 0.1) is 0 Å². The fraction of sp³-hybridized carbons (Fsp3) is 0.278. The van der Waals surface area contributed by atoms with Gasteiger partial charge in [-0.25, -0.2) is 0 Å². The lowest BCUT2D eigenvalue weighted by atomic mass is 10.0. The average Bonchev–Trinajstić information content (AvgIpc) is 2.99. The van der Waals surface area contributed by atoms with E-state index in [1.807, 2.05) is 42.3 Å². The van der Waals surface area contributed by atoms with E-state index in [0.717, 1.165) is 34.2 Å². The van der Waals surface area contributed by atoms with Crippen molar-refractivity contribution in [1.29, 1.82) is 0 Å². The van der Waals surface area contributed by atoms with Crippen molar-refractivity contribution in [3.8, 4) is 11.5 Å². The summed E-state index contributed by atoms with van der Waals surface area (Å²) in [4.78, 5) is 6.13. The summed E-state index contributed by atoms with van der Waals surface area (Å²) in [5.41, 5.74) is 1.06. The Labute approximate surface area is 162 Å². The number of ether oxygens (including phenoxy) is 1. The number of amidine groups is 1. The molecule has 0 saturated carbocycles. The third kappa shape index (κ3) is 2.89. The van der Waals surface area contributed by atoms with Gasteiger partial charge in [-0.15, -0.1) is 12.4 Å². The SMILES string of the molecule is C/N=C1\SC2Cc3cc(Oc4ccc(Cl)cc4)ccc3C2(O)N1C.Cl. The van der Waals surface area contributed by atoms with Crippen LogP contribution in [0.4, 0.5) is 0 Å². The van der Waals surface area contributed by atoms with Gasteiger partial charge in [0, 0.05) is 24.7 Å². The molecule has 7 heteroatoms. The van der Waals surface area contributed by atoms with Crippen LogP contribution in [0.5, 0.6) is 11.5 Å². The Morgan fingerprint density at radius 3 is 2.60 bits per heavy atom. The van der Waals surface area contributed by atoms with Gasteiger partial charge < -0.3 is 14.7 Å². The molecule has 0 bridgehead atoms. The van der Waals surface area contributed by atoms with E-state index >= 15 is 0 Å². The summed E-state index contributed by atoms with van der Waals surface area (Å²) in [5, 5.41) is 12.8. The van der Waals surface area contributed by atoms with Crippen LogP contribution >= 0.6 is 35.8 Å². The topological polar surface area (TPSA) is 45.1 Å². The van der Waals surface area contributed by atoms with E-state index < -0.39 is 5.72 Å². The number of fused-ring (bicyclic) bond motifs is 3. The van der Waals surface area contributed by atoms with E-state index in [1.54, 1.807) is 30.9 Å². The molecule has 2 atom stereocenters. The summed E-state index contributed by atoms with van der Waals surface area (Å²) in [5.74, 6) is 1.50.